The van der Waals surface area contributed by atoms with E-state index < -0.39 is 12.2 Å². The lowest BCUT2D eigenvalue weighted by Crippen LogP contribution is -2.59. The first kappa shape index (κ1) is 25.3. The molecule has 1 amide bonds. The Bertz CT molecular complexity index is 1260. The third-order valence-electron chi connectivity index (χ3n) is 6.93. The number of piperazine rings is 1. The molecule has 3 aromatic rings. The smallest absolute Gasteiger partial charge is 0.296 e. The van der Waals surface area contributed by atoms with Crippen LogP contribution in [-0.4, -0.2) is 95.4 Å². The lowest BCUT2D eigenvalue weighted by molar-refractivity contribution is -0.133. The van der Waals surface area contributed by atoms with E-state index in [1.54, 1.807) is 31.3 Å². The van der Waals surface area contributed by atoms with Crippen LogP contribution in [0.25, 0.3) is 17.0 Å². The number of ether oxygens (including phenoxy) is 1. The molecule has 2 atom stereocenters. The number of nitrogens with one attached hydrogen (secondary N) is 1. The first-order chi connectivity index (χ1) is 17.9. The summed E-state index contributed by atoms with van der Waals surface area (Å²) in [5, 5.41) is 2.93. The molecular weight excluding hydrogens is 482 g/mol. The Labute approximate surface area is 214 Å². The second-order valence-corrected chi connectivity index (χ2v) is 9.51. The van der Waals surface area contributed by atoms with Crippen LogP contribution in [0.5, 0.6) is 0 Å². The summed E-state index contributed by atoms with van der Waals surface area (Å²) in [4.78, 5) is 32.4. The summed E-state index contributed by atoms with van der Waals surface area (Å²) in [6, 6.07) is 8.83. The fourth-order valence-electron chi connectivity index (χ4n) is 5.06. The van der Waals surface area contributed by atoms with Crippen LogP contribution in [0.2, 0.25) is 0 Å². The van der Waals surface area contributed by atoms with Crippen LogP contribution in [0.15, 0.2) is 30.3 Å². The molecule has 0 aliphatic carbocycles. The number of rotatable bonds is 6. The number of nitrogens with zero attached hydrogens (tertiary/aromatic N) is 7. The van der Waals surface area contributed by atoms with Crippen molar-refractivity contribution in [3.05, 3.63) is 36.2 Å². The molecule has 2 unspecified atom stereocenters. The molecule has 0 radical (unpaired) electrons. The molecule has 12 heteroatoms. The van der Waals surface area contributed by atoms with Crippen molar-refractivity contribution in [3.63, 3.8) is 0 Å². The van der Waals surface area contributed by atoms with Gasteiger partial charge in [-0.05, 0) is 33.0 Å². The highest BCUT2D eigenvalue weighted by Gasteiger charge is 2.33. The van der Waals surface area contributed by atoms with Gasteiger partial charge in [-0.25, -0.2) is 13.8 Å². The van der Waals surface area contributed by atoms with Crippen molar-refractivity contribution < 1.29 is 18.3 Å². The first-order valence-corrected chi connectivity index (χ1v) is 12.6. The van der Waals surface area contributed by atoms with Crippen LogP contribution in [0.3, 0.4) is 0 Å². The Kier molecular flexibility index (Phi) is 7.20. The average Bonchev–Trinajstić information content (AvgIpc) is 3.30. The van der Waals surface area contributed by atoms with E-state index in [1.807, 2.05) is 24.8 Å². The van der Waals surface area contributed by atoms with Gasteiger partial charge in [0.05, 0.1) is 30.8 Å². The van der Waals surface area contributed by atoms with Crippen molar-refractivity contribution in [2.75, 3.05) is 62.8 Å². The van der Waals surface area contributed by atoms with E-state index in [-0.39, 0.29) is 30.5 Å². The van der Waals surface area contributed by atoms with E-state index in [0.29, 0.717) is 62.1 Å². The van der Waals surface area contributed by atoms with Gasteiger partial charge >= 0.3 is 0 Å². The fourth-order valence-corrected chi connectivity index (χ4v) is 5.06. The van der Waals surface area contributed by atoms with E-state index >= 15 is 0 Å². The quantitative estimate of drug-likeness (QED) is 0.536. The third kappa shape index (κ3) is 4.95. The molecule has 5 rings (SSSR count). The number of carbonyl (C=O) groups is 1. The number of anilines is 2. The molecule has 198 valence electrons. The van der Waals surface area contributed by atoms with Gasteiger partial charge in [-0.3, -0.25) is 9.36 Å². The number of hydrogen-bond donors (Lipinski definition) is 1. The minimum absolute atomic E-state index is 0.0357. The number of imidazole rings is 1. The summed E-state index contributed by atoms with van der Waals surface area (Å²) in [6.45, 7) is 7.82. The maximum absolute atomic E-state index is 14.1. The Morgan fingerprint density at radius 2 is 1.81 bits per heavy atom. The predicted molar refractivity (Wildman–Crippen MR) is 137 cm³/mol. The molecule has 2 aromatic heterocycles. The summed E-state index contributed by atoms with van der Waals surface area (Å²) in [5.41, 5.74) is 0.977. The molecule has 0 spiro atoms. The lowest BCUT2D eigenvalue weighted by atomic mass is 10.1. The molecule has 1 N–H and O–H groups in total. The molecule has 10 nitrogen and oxygen atoms in total. The summed E-state index contributed by atoms with van der Waals surface area (Å²) < 4.78 is 35.1. The zero-order valence-corrected chi connectivity index (χ0v) is 21.3. The number of halogens is 2. The number of carbonyl (C=O) groups excluding carboxylic acids is 1. The Hall–Kier alpha value is -3.38. The normalized spacial score (nSPS) is 20.8. The van der Waals surface area contributed by atoms with Crippen molar-refractivity contribution in [1.29, 1.82) is 0 Å². The summed E-state index contributed by atoms with van der Waals surface area (Å²) in [5.74, 6) is 1.08. The van der Waals surface area contributed by atoms with Gasteiger partial charge in [0.1, 0.15) is 11.6 Å². The van der Waals surface area contributed by atoms with E-state index in [2.05, 4.69) is 20.1 Å². The van der Waals surface area contributed by atoms with Gasteiger partial charge in [-0.2, -0.15) is 9.97 Å². The number of alkyl halides is 2. The molecule has 2 fully saturated rings. The van der Waals surface area contributed by atoms with E-state index in [0.717, 1.165) is 0 Å². The average molecular weight is 515 g/mol. The molecule has 37 heavy (non-hydrogen) atoms. The summed E-state index contributed by atoms with van der Waals surface area (Å²) >= 11 is 0. The Morgan fingerprint density at radius 1 is 1.08 bits per heavy atom. The summed E-state index contributed by atoms with van der Waals surface area (Å²) in [6.07, 6.45) is -2.80. The van der Waals surface area contributed by atoms with Gasteiger partial charge in [0.2, 0.25) is 11.9 Å². The van der Waals surface area contributed by atoms with E-state index in [9.17, 15) is 13.6 Å². The van der Waals surface area contributed by atoms with Crippen molar-refractivity contribution in [1.82, 2.24) is 29.7 Å². The van der Waals surface area contributed by atoms with Crippen LogP contribution >= 0.6 is 0 Å². The van der Waals surface area contributed by atoms with Crippen LogP contribution in [0.4, 0.5) is 20.4 Å². The molecule has 0 bridgehead atoms. The second kappa shape index (κ2) is 10.5. The zero-order chi connectivity index (χ0) is 26.1. The van der Waals surface area contributed by atoms with Gasteiger partial charge in [-0.15, -0.1) is 0 Å². The standard InChI is InChI=1S/C25H32F2N8O2/c1-16-15-34(22(36)13-28-3)17(2)14-33(16)21-12-20(32-8-10-37-11-9-32)30-25(31-21)35-19-7-5-4-6-18(19)29-24(35)23(26)27/h4-7,12,16-17,23,28H,8-11,13-15H2,1-3H3. The number of benzene rings is 1. The summed E-state index contributed by atoms with van der Waals surface area (Å²) in [7, 11) is 1.76. The maximum Gasteiger partial charge on any atom is 0.296 e. The minimum atomic E-state index is -2.80. The van der Waals surface area contributed by atoms with Gasteiger partial charge in [0, 0.05) is 44.3 Å². The van der Waals surface area contributed by atoms with Gasteiger partial charge < -0.3 is 24.8 Å². The molecule has 1 aromatic carbocycles. The van der Waals surface area contributed by atoms with Crippen molar-refractivity contribution in [3.8, 4) is 5.95 Å². The van der Waals surface area contributed by atoms with Crippen LogP contribution in [-0.2, 0) is 9.53 Å². The van der Waals surface area contributed by atoms with Gasteiger partial charge in [0.25, 0.3) is 6.43 Å². The monoisotopic (exact) mass is 514 g/mol. The van der Waals surface area contributed by atoms with Gasteiger partial charge in [-0.1, -0.05) is 12.1 Å². The molecule has 2 saturated heterocycles. The van der Waals surface area contributed by atoms with Crippen molar-refractivity contribution in [2.45, 2.75) is 32.4 Å². The second-order valence-electron chi connectivity index (χ2n) is 9.51. The molecule has 2 aliphatic heterocycles. The number of hydrogen-bond acceptors (Lipinski definition) is 8. The highest BCUT2D eigenvalue weighted by Crippen LogP contribution is 2.31. The topological polar surface area (TPSA) is 91.7 Å². The third-order valence-corrected chi connectivity index (χ3v) is 6.93. The molecular formula is C25H32F2N8O2. The number of likely N-dealkylation sites (N-methyl/N-ethyl adjacent to an activating group) is 1. The molecule has 4 heterocycles. The number of aromatic nitrogens is 4. The minimum Gasteiger partial charge on any atom is -0.378 e. The van der Waals surface area contributed by atoms with Crippen LogP contribution < -0.4 is 15.1 Å². The van der Waals surface area contributed by atoms with Crippen LogP contribution in [0, 0.1) is 0 Å². The number of para-hydroxylation sites is 2. The number of fused-ring (bicyclic) bond motifs is 1. The van der Waals surface area contributed by atoms with Gasteiger partial charge in [0.15, 0.2) is 5.82 Å². The van der Waals surface area contributed by atoms with Crippen molar-refractivity contribution >= 4 is 28.6 Å². The zero-order valence-electron chi connectivity index (χ0n) is 21.3. The maximum atomic E-state index is 14.1. The van der Waals surface area contributed by atoms with E-state index in [1.165, 1.54) is 4.57 Å². The number of amides is 1. The van der Waals surface area contributed by atoms with Crippen LogP contribution in [0.1, 0.15) is 26.1 Å². The largest absolute Gasteiger partial charge is 0.378 e. The fraction of sp³-hybridized carbons (Fsp3) is 0.520. The SMILES string of the molecule is CNCC(=O)N1CC(C)N(c2cc(N3CCOCC3)nc(-n3c(C(F)F)nc4ccccc43)n2)CC1C. The number of morpholine rings is 1. The first-order valence-electron chi connectivity index (χ1n) is 12.6. The van der Waals surface area contributed by atoms with E-state index in [4.69, 9.17) is 14.7 Å². The molecule has 2 aliphatic rings. The Morgan fingerprint density at radius 3 is 2.54 bits per heavy atom. The van der Waals surface area contributed by atoms with Crippen molar-refractivity contribution in [2.24, 2.45) is 0 Å². The highest BCUT2D eigenvalue weighted by atomic mass is 19.3. The highest BCUT2D eigenvalue weighted by molar-refractivity contribution is 5.79. The molecule has 0 saturated carbocycles. The predicted octanol–water partition coefficient (Wildman–Crippen LogP) is 2.23. The Balaban J connectivity index is 1.59. The lowest BCUT2D eigenvalue weighted by Gasteiger charge is -2.45.